The number of rotatable bonds is 7. The number of esters is 1. The zero-order valence-electron chi connectivity index (χ0n) is 13.7. The van der Waals surface area contributed by atoms with Crippen molar-refractivity contribution in [2.75, 3.05) is 25.6 Å². The molecule has 0 radical (unpaired) electrons. The highest BCUT2D eigenvalue weighted by molar-refractivity contribution is 5.97. The van der Waals surface area contributed by atoms with Crippen molar-refractivity contribution in [1.82, 2.24) is 5.32 Å². The van der Waals surface area contributed by atoms with E-state index in [1.807, 2.05) is 13.8 Å². The summed E-state index contributed by atoms with van der Waals surface area (Å²) in [7, 11) is 3.40. The molecule has 0 spiro atoms. The molecule has 1 atom stereocenters. The van der Waals surface area contributed by atoms with Gasteiger partial charge in [-0.2, -0.15) is 0 Å². The average molecular weight is 323 g/mol. The van der Waals surface area contributed by atoms with E-state index in [-0.39, 0.29) is 17.3 Å². The summed E-state index contributed by atoms with van der Waals surface area (Å²) in [6, 6.07) is 3.90. The first kappa shape index (κ1) is 18.4. The Kier molecular flexibility index (Phi) is 6.49. The minimum Gasteiger partial charge on any atom is -0.452 e. The number of nitrogens with one attached hydrogen (secondary N) is 1. The van der Waals surface area contributed by atoms with Crippen LogP contribution in [0.15, 0.2) is 18.2 Å². The maximum atomic E-state index is 12.2. The summed E-state index contributed by atoms with van der Waals surface area (Å²) in [5.74, 6) is -1.19. The van der Waals surface area contributed by atoms with Gasteiger partial charge in [0, 0.05) is 32.3 Å². The third-order valence-electron chi connectivity index (χ3n) is 3.25. The van der Waals surface area contributed by atoms with Gasteiger partial charge in [0.2, 0.25) is 0 Å². The van der Waals surface area contributed by atoms with E-state index in [9.17, 15) is 19.7 Å². The van der Waals surface area contributed by atoms with Crippen molar-refractivity contribution in [2.45, 2.75) is 26.3 Å². The number of non-ortho nitro benzene ring substituents is 1. The van der Waals surface area contributed by atoms with Crippen molar-refractivity contribution in [2.24, 2.45) is 0 Å². The van der Waals surface area contributed by atoms with E-state index in [0.717, 1.165) is 12.5 Å². The van der Waals surface area contributed by atoms with E-state index < -0.39 is 23.4 Å². The van der Waals surface area contributed by atoms with Crippen molar-refractivity contribution in [3.63, 3.8) is 0 Å². The Labute approximate surface area is 134 Å². The van der Waals surface area contributed by atoms with Crippen LogP contribution in [0.1, 0.15) is 30.6 Å². The van der Waals surface area contributed by atoms with Gasteiger partial charge in [-0.05, 0) is 19.4 Å². The lowest BCUT2D eigenvalue weighted by atomic mass is 10.1. The molecule has 0 heterocycles. The van der Waals surface area contributed by atoms with Crippen LogP contribution in [0.25, 0.3) is 0 Å². The topological polar surface area (TPSA) is 102 Å². The van der Waals surface area contributed by atoms with Gasteiger partial charge in [-0.1, -0.05) is 6.92 Å². The maximum Gasteiger partial charge on any atom is 0.341 e. The Morgan fingerprint density at radius 1 is 1.39 bits per heavy atom. The van der Waals surface area contributed by atoms with Gasteiger partial charge in [-0.15, -0.1) is 0 Å². The number of anilines is 1. The number of benzene rings is 1. The lowest BCUT2D eigenvalue weighted by molar-refractivity contribution is -0.384. The lowest BCUT2D eigenvalue weighted by Gasteiger charge is -2.16. The average Bonchev–Trinajstić information content (AvgIpc) is 2.51. The summed E-state index contributed by atoms with van der Waals surface area (Å²) in [6.07, 6.45) is 0.759. The molecule has 0 saturated heterocycles. The first-order valence-electron chi connectivity index (χ1n) is 7.18. The summed E-state index contributed by atoms with van der Waals surface area (Å²) < 4.78 is 4.96. The molecule has 23 heavy (non-hydrogen) atoms. The Hall–Kier alpha value is -2.64. The zero-order chi connectivity index (χ0) is 17.6. The predicted molar refractivity (Wildman–Crippen MR) is 85.6 cm³/mol. The molecule has 0 bridgehead atoms. The number of amides is 1. The minimum atomic E-state index is -0.781. The molecule has 0 fully saturated rings. The van der Waals surface area contributed by atoms with Crippen LogP contribution in [-0.4, -0.2) is 43.5 Å². The van der Waals surface area contributed by atoms with Crippen LogP contribution in [0.2, 0.25) is 0 Å². The smallest absolute Gasteiger partial charge is 0.341 e. The summed E-state index contributed by atoms with van der Waals surface area (Å²) >= 11 is 0. The van der Waals surface area contributed by atoms with Gasteiger partial charge < -0.3 is 15.0 Å². The molecule has 0 aliphatic carbocycles. The minimum absolute atomic E-state index is 0.0173. The third-order valence-corrected chi connectivity index (χ3v) is 3.25. The largest absolute Gasteiger partial charge is 0.452 e. The van der Waals surface area contributed by atoms with E-state index in [2.05, 4.69) is 5.32 Å². The van der Waals surface area contributed by atoms with Crippen molar-refractivity contribution in [1.29, 1.82) is 0 Å². The molecule has 0 aliphatic rings. The monoisotopic (exact) mass is 323 g/mol. The highest BCUT2D eigenvalue weighted by Gasteiger charge is 2.20. The van der Waals surface area contributed by atoms with Gasteiger partial charge in [0.05, 0.1) is 16.2 Å². The Balaban J connectivity index is 2.87. The third kappa shape index (κ3) is 5.24. The van der Waals surface area contributed by atoms with Crippen LogP contribution in [0.5, 0.6) is 0 Å². The van der Waals surface area contributed by atoms with E-state index in [0.29, 0.717) is 5.69 Å². The summed E-state index contributed by atoms with van der Waals surface area (Å²) in [4.78, 5) is 35.7. The number of ether oxygens (including phenoxy) is 1. The molecule has 126 valence electrons. The molecule has 0 aliphatic heterocycles. The number of hydrogen-bond acceptors (Lipinski definition) is 6. The van der Waals surface area contributed by atoms with Crippen LogP contribution in [-0.2, 0) is 9.53 Å². The Bertz CT molecular complexity index is 601. The molecule has 0 saturated carbocycles. The summed E-state index contributed by atoms with van der Waals surface area (Å²) in [5.41, 5.74) is 0.301. The van der Waals surface area contributed by atoms with Crippen LogP contribution in [0, 0.1) is 10.1 Å². The molecule has 0 aromatic heterocycles. The molecule has 8 nitrogen and oxygen atoms in total. The summed E-state index contributed by atoms with van der Waals surface area (Å²) in [5, 5.41) is 13.5. The van der Waals surface area contributed by atoms with Crippen LogP contribution in [0.3, 0.4) is 0 Å². The lowest BCUT2D eigenvalue weighted by Crippen LogP contribution is -2.35. The highest BCUT2D eigenvalue weighted by atomic mass is 16.6. The predicted octanol–water partition coefficient (Wildman–Crippen LogP) is 1.73. The highest BCUT2D eigenvalue weighted by Crippen LogP contribution is 2.24. The number of carbonyl (C=O) groups is 2. The second-order valence-electron chi connectivity index (χ2n) is 5.31. The fourth-order valence-corrected chi connectivity index (χ4v) is 1.82. The van der Waals surface area contributed by atoms with Crippen LogP contribution in [0.4, 0.5) is 11.4 Å². The quantitative estimate of drug-likeness (QED) is 0.466. The Morgan fingerprint density at radius 2 is 2.04 bits per heavy atom. The van der Waals surface area contributed by atoms with Crippen molar-refractivity contribution < 1.29 is 19.2 Å². The number of carbonyl (C=O) groups excluding carboxylic acids is 2. The molecule has 1 amide bonds. The van der Waals surface area contributed by atoms with Crippen LogP contribution >= 0.6 is 0 Å². The molecule has 1 aromatic rings. The molecule has 1 rings (SSSR count). The molecular formula is C15H21N3O5. The number of hydrogen-bond donors (Lipinski definition) is 1. The molecule has 1 aromatic carbocycles. The molecular weight excluding hydrogens is 302 g/mol. The van der Waals surface area contributed by atoms with E-state index in [1.165, 1.54) is 12.1 Å². The molecule has 8 heteroatoms. The molecule has 0 unspecified atom stereocenters. The van der Waals surface area contributed by atoms with Gasteiger partial charge in [0.1, 0.15) is 0 Å². The first-order chi connectivity index (χ1) is 10.8. The fraction of sp³-hybridized carbons (Fsp3) is 0.467. The van der Waals surface area contributed by atoms with Gasteiger partial charge >= 0.3 is 5.97 Å². The normalized spacial score (nSPS) is 11.5. The van der Waals surface area contributed by atoms with Gasteiger partial charge in [-0.3, -0.25) is 14.9 Å². The van der Waals surface area contributed by atoms with Crippen LogP contribution < -0.4 is 10.2 Å². The second-order valence-corrected chi connectivity index (χ2v) is 5.31. The number of nitro groups is 1. The van der Waals surface area contributed by atoms with Gasteiger partial charge in [0.25, 0.3) is 11.6 Å². The second kappa shape index (κ2) is 8.11. The van der Waals surface area contributed by atoms with Crippen molar-refractivity contribution in [3.05, 3.63) is 33.9 Å². The standard InChI is InChI=1S/C15H21N3O5/c1-5-10(2)16-14(19)9-23-15(20)12-8-11(18(21)22)6-7-13(12)17(3)4/h6-8,10H,5,9H2,1-4H3,(H,16,19)/t10-/m1/s1. The molecule has 1 N–H and O–H groups in total. The van der Waals surface area contributed by atoms with E-state index in [1.54, 1.807) is 19.0 Å². The summed E-state index contributed by atoms with van der Waals surface area (Å²) in [6.45, 7) is 3.33. The maximum absolute atomic E-state index is 12.2. The van der Waals surface area contributed by atoms with Crippen molar-refractivity contribution >= 4 is 23.3 Å². The SMILES string of the molecule is CC[C@@H](C)NC(=O)COC(=O)c1cc([N+](=O)[O-])ccc1N(C)C. The van der Waals surface area contributed by atoms with Gasteiger partial charge in [-0.25, -0.2) is 4.79 Å². The fourth-order valence-electron chi connectivity index (χ4n) is 1.82. The van der Waals surface area contributed by atoms with E-state index in [4.69, 9.17) is 4.74 Å². The Morgan fingerprint density at radius 3 is 2.57 bits per heavy atom. The van der Waals surface area contributed by atoms with E-state index >= 15 is 0 Å². The number of nitro benzene ring substituents is 1. The first-order valence-corrected chi connectivity index (χ1v) is 7.18. The number of nitrogens with zero attached hydrogens (tertiary/aromatic N) is 2. The van der Waals surface area contributed by atoms with Crippen molar-refractivity contribution in [3.8, 4) is 0 Å². The zero-order valence-corrected chi connectivity index (χ0v) is 13.7. The van der Waals surface area contributed by atoms with Gasteiger partial charge in [0.15, 0.2) is 6.61 Å².